The number of carbonyl (C=O) groups excluding carboxylic acids is 1. The Morgan fingerprint density at radius 3 is 2.19 bits per heavy atom. The van der Waals surface area contributed by atoms with Gasteiger partial charge >= 0.3 is 0 Å². The van der Waals surface area contributed by atoms with Gasteiger partial charge in [0, 0.05) is 12.0 Å². The van der Waals surface area contributed by atoms with E-state index >= 15 is 0 Å². The van der Waals surface area contributed by atoms with Crippen LogP contribution in [0.25, 0.3) is 0 Å². The van der Waals surface area contributed by atoms with Crippen LogP contribution < -0.4 is 0 Å². The molecule has 0 spiro atoms. The third kappa shape index (κ3) is 3.72. The van der Waals surface area contributed by atoms with Crippen LogP contribution in [0.1, 0.15) is 16.8 Å². The van der Waals surface area contributed by atoms with E-state index in [2.05, 4.69) is 0 Å². The largest absolute Gasteiger partial charge is 0.294 e. The molecule has 3 nitrogen and oxygen atoms in total. The molecule has 0 aliphatic rings. The summed E-state index contributed by atoms with van der Waals surface area (Å²) < 4.78 is 50.2. The lowest BCUT2D eigenvalue weighted by molar-refractivity contribution is 0.0988. The number of sulfone groups is 1. The highest BCUT2D eigenvalue weighted by molar-refractivity contribution is 7.91. The summed E-state index contributed by atoms with van der Waals surface area (Å²) in [4.78, 5) is 11.4. The van der Waals surface area contributed by atoms with Crippen LogP contribution in [0.15, 0.2) is 53.4 Å². The Balaban J connectivity index is 2.10. The summed E-state index contributed by atoms with van der Waals surface area (Å²) in [6.07, 6.45) is -0.289. The standard InChI is InChI=1S/C15H12F2O3S/c16-12-7-5-11(6-8-12)14(18)9-10-21(19,20)15-4-2-1-3-13(15)17/h1-8H,9-10H2. The lowest BCUT2D eigenvalue weighted by Crippen LogP contribution is -2.13. The van der Waals surface area contributed by atoms with Crippen molar-refractivity contribution in [3.63, 3.8) is 0 Å². The first-order chi connectivity index (χ1) is 9.90. The van der Waals surface area contributed by atoms with Gasteiger partial charge in [0.15, 0.2) is 15.6 Å². The zero-order valence-electron chi connectivity index (χ0n) is 10.9. The van der Waals surface area contributed by atoms with Gasteiger partial charge in [-0.25, -0.2) is 17.2 Å². The van der Waals surface area contributed by atoms with Crippen molar-refractivity contribution < 1.29 is 22.0 Å². The third-order valence-corrected chi connectivity index (χ3v) is 4.68. The number of rotatable bonds is 5. The van der Waals surface area contributed by atoms with Crippen LogP contribution >= 0.6 is 0 Å². The van der Waals surface area contributed by atoms with E-state index in [1.165, 1.54) is 24.3 Å². The van der Waals surface area contributed by atoms with Crippen molar-refractivity contribution in [3.05, 3.63) is 65.7 Å². The molecule has 0 aliphatic heterocycles. The number of hydrogen-bond acceptors (Lipinski definition) is 3. The van der Waals surface area contributed by atoms with Gasteiger partial charge in [0.1, 0.15) is 16.5 Å². The molecule has 2 aromatic carbocycles. The Morgan fingerprint density at radius 2 is 1.57 bits per heavy atom. The fourth-order valence-electron chi connectivity index (χ4n) is 1.81. The van der Waals surface area contributed by atoms with Gasteiger partial charge in [0.2, 0.25) is 0 Å². The van der Waals surface area contributed by atoms with Crippen molar-refractivity contribution in [2.75, 3.05) is 5.75 Å². The molecule has 0 amide bonds. The van der Waals surface area contributed by atoms with Crippen LogP contribution in [-0.2, 0) is 9.84 Å². The average molecular weight is 310 g/mol. The smallest absolute Gasteiger partial charge is 0.181 e. The predicted octanol–water partition coefficient (Wildman–Crippen LogP) is 3.01. The maximum atomic E-state index is 13.5. The number of ketones is 1. The molecule has 2 rings (SSSR count). The second-order valence-corrected chi connectivity index (χ2v) is 6.51. The van der Waals surface area contributed by atoms with Gasteiger partial charge in [-0.3, -0.25) is 4.79 Å². The van der Waals surface area contributed by atoms with Gasteiger partial charge in [-0.15, -0.1) is 0 Å². The quantitative estimate of drug-likeness (QED) is 0.798. The van der Waals surface area contributed by atoms with Crippen molar-refractivity contribution in [1.82, 2.24) is 0 Å². The molecule has 0 radical (unpaired) electrons. The highest BCUT2D eigenvalue weighted by Crippen LogP contribution is 2.17. The number of Topliss-reactive ketones (excluding diaryl/α,β-unsaturated/α-hetero) is 1. The van der Waals surface area contributed by atoms with Crippen molar-refractivity contribution in [2.45, 2.75) is 11.3 Å². The highest BCUT2D eigenvalue weighted by atomic mass is 32.2. The number of benzene rings is 2. The summed E-state index contributed by atoms with van der Waals surface area (Å²) in [5.41, 5.74) is 0.222. The second-order valence-electron chi connectivity index (χ2n) is 4.43. The molecule has 110 valence electrons. The van der Waals surface area contributed by atoms with E-state index in [-0.39, 0.29) is 12.0 Å². The third-order valence-electron chi connectivity index (χ3n) is 2.94. The van der Waals surface area contributed by atoms with Crippen molar-refractivity contribution in [1.29, 1.82) is 0 Å². The molecule has 0 saturated carbocycles. The van der Waals surface area contributed by atoms with Crippen molar-refractivity contribution in [2.24, 2.45) is 0 Å². The molecule has 0 aliphatic carbocycles. The monoisotopic (exact) mass is 310 g/mol. The lowest BCUT2D eigenvalue weighted by Gasteiger charge is -2.05. The van der Waals surface area contributed by atoms with Crippen LogP contribution in [0, 0.1) is 11.6 Å². The van der Waals surface area contributed by atoms with E-state index < -0.39 is 37.9 Å². The molecule has 0 unspecified atom stereocenters. The molecule has 0 atom stereocenters. The lowest BCUT2D eigenvalue weighted by atomic mass is 10.1. The van der Waals surface area contributed by atoms with Crippen LogP contribution in [0.5, 0.6) is 0 Å². The SMILES string of the molecule is O=C(CCS(=O)(=O)c1ccccc1F)c1ccc(F)cc1. The zero-order valence-corrected chi connectivity index (χ0v) is 11.7. The van der Waals surface area contributed by atoms with Gasteiger partial charge in [-0.1, -0.05) is 12.1 Å². The summed E-state index contributed by atoms with van der Waals surface area (Å²) in [6, 6.07) is 9.83. The molecule has 0 N–H and O–H groups in total. The minimum atomic E-state index is -3.87. The van der Waals surface area contributed by atoms with Crippen molar-refractivity contribution in [3.8, 4) is 0 Å². The van der Waals surface area contributed by atoms with E-state index in [9.17, 15) is 22.0 Å². The Labute approximate surface area is 121 Å². The maximum Gasteiger partial charge on any atom is 0.181 e. The minimum Gasteiger partial charge on any atom is -0.294 e. The molecular weight excluding hydrogens is 298 g/mol. The predicted molar refractivity (Wildman–Crippen MR) is 73.8 cm³/mol. The number of carbonyl (C=O) groups is 1. The molecule has 21 heavy (non-hydrogen) atoms. The van der Waals surface area contributed by atoms with Gasteiger partial charge in [0.25, 0.3) is 0 Å². The molecule has 0 heterocycles. The van der Waals surface area contributed by atoms with Crippen LogP contribution in [0.4, 0.5) is 8.78 Å². The molecule has 6 heteroatoms. The molecule has 2 aromatic rings. The molecule has 0 bridgehead atoms. The van der Waals surface area contributed by atoms with E-state index in [4.69, 9.17) is 0 Å². The summed E-state index contributed by atoms with van der Waals surface area (Å²) in [7, 11) is -3.87. The first-order valence-corrected chi connectivity index (χ1v) is 7.81. The zero-order chi connectivity index (χ0) is 15.5. The first kappa shape index (κ1) is 15.3. The maximum absolute atomic E-state index is 13.5. The molecule has 0 saturated heterocycles. The van der Waals surface area contributed by atoms with E-state index in [0.29, 0.717) is 0 Å². The Morgan fingerprint density at radius 1 is 0.952 bits per heavy atom. The van der Waals surface area contributed by atoms with Gasteiger partial charge in [-0.05, 0) is 36.4 Å². The normalized spacial score (nSPS) is 11.3. The van der Waals surface area contributed by atoms with Gasteiger partial charge in [0.05, 0.1) is 5.75 Å². The first-order valence-electron chi connectivity index (χ1n) is 6.16. The Kier molecular flexibility index (Phi) is 4.47. The summed E-state index contributed by atoms with van der Waals surface area (Å²) >= 11 is 0. The van der Waals surface area contributed by atoms with Crippen LogP contribution in [-0.4, -0.2) is 20.0 Å². The topological polar surface area (TPSA) is 51.2 Å². The summed E-state index contributed by atoms with van der Waals surface area (Å²) in [6.45, 7) is 0. The Bertz CT molecular complexity index is 753. The highest BCUT2D eigenvalue weighted by Gasteiger charge is 2.20. The fraction of sp³-hybridized carbons (Fsp3) is 0.133. The fourth-order valence-corrected chi connectivity index (χ4v) is 3.14. The Hall–Kier alpha value is -2.08. The molecule has 0 aromatic heterocycles. The summed E-state index contributed by atoms with van der Waals surface area (Å²) in [5.74, 6) is -2.25. The summed E-state index contributed by atoms with van der Waals surface area (Å²) in [5, 5.41) is 0. The second kappa shape index (κ2) is 6.13. The molecule has 0 fully saturated rings. The van der Waals surface area contributed by atoms with Crippen molar-refractivity contribution >= 4 is 15.6 Å². The van der Waals surface area contributed by atoms with E-state index in [0.717, 1.165) is 24.3 Å². The molecular formula is C15H12F2O3S. The number of hydrogen-bond donors (Lipinski definition) is 0. The van der Waals surface area contributed by atoms with Crippen LogP contribution in [0.2, 0.25) is 0 Å². The van der Waals surface area contributed by atoms with Gasteiger partial charge in [-0.2, -0.15) is 0 Å². The van der Waals surface area contributed by atoms with Gasteiger partial charge < -0.3 is 0 Å². The van der Waals surface area contributed by atoms with Crippen LogP contribution in [0.3, 0.4) is 0 Å². The minimum absolute atomic E-state index is 0.222. The van der Waals surface area contributed by atoms with E-state index in [1.807, 2.05) is 0 Å². The van der Waals surface area contributed by atoms with E-state index in [1.54, 1.807) is 0 Å². The average Bonchev–Trinajstić information content (AvgIpc) is 2.46. The number of halogens is 2.